The van der Waals surface area contributed by atoms with E-state index < -0.39 is 28.9 Å². The lowest BCUT2D eigenvalue weighted by molar-refractivity contribution is -0.139. The van der Waals surface area contributed by atoms with E-state index in [9.17, 15) is 17.6 Å². The van der Waals surface area contributed by atoms with E-state index >= 15 is 0 Å². The van der Waals surface area contributed by atoms with E-state index in [0.717, 1.165) is 24.2 Å². The van der Waals surface area contributed by atoms with Gasteiger partial charge in [-0.25, -0.2) is 17.6 Å². The summed E-state index contributed by atoms with van der Waals surface area (Å²) in [6, 6.07) is 6.55. The smallest absolute Gasteiger partial charge is 0.341 e. The number of thioether (sulfide) groups is 1. The molecule has 1 rings (SSSR count). The third kappa shape index (κ3) is 18.6. The van der Waals surface area contributed by atoms with Crippen LogP contribution in [0.4, 0.5) is 4.39 Å². The molecule has 0 saturated heterocycles. The lowest BCUT2D eigenvalue weighted by Crippen LogP contribution is -2.35. The fraction of sp³-hybridized carbons (Fsp3) is 0.731. The molecule has 1 aromatic rings. The first kappa shape index (κ1) is 31.7. The van der Waals surface area contributed by atoms with Gasteiger partial charge in [0.05, 0.1) is 5.75 Å². The summed E-state index contributed by atoms with van der Waals surface area (Å²) in [5.74, 6) is -0.758. The van der Waals surface area contributed by atoms with E-state index in [1.54, 1.807) is 24.3 Å². The number of carbonyl (C=O) groups is 1. The molecule has 0 aromatic heterocycles. The number of hydrogen-bond donors (Lipinski definition) is 2. The Labute approximate surface area is 215 Å². The minimum Gasteiger partial charge on any atom is -0.482 e. The number of sulfonamides is 1. The van der Waals surface area contributed by atoms with Crippen molar-refractivity contribution < 1.29 is 27.4 Å². The monoisotopic (exact) mass is 533 g/mol. The van der Waals surface area contributed by atoms with Gasteiger partial charge in [-0.2, -0.15) is 4.72 Å². The van der Waals surface area contributed by atoms with Crippen LogP contribution in [0.15, 0.2) is 29.2 Å². The van der Waals surface area contributed by atoms with Crippen molar-refractivity contribution in [3.05, 3.63) is 24.3 Å². The number of rotatable bonds is 23. The Bertz CT molecular complexity index is 774. The number of halogens is 1. The highest BCUT2D eigenvalue weighted by Gasteiger charge is 2.17. The number of benzene rings is 1. The Morgan fingerprint density at radius 1 is 0.914 bits per heavy atom. The minimum atomic E-state index is -3.64. The van der Waals surface area contributed by atoms with Crippen LogP contribution in [-0.4, -0.2) is 43.9 Å². The molecule has 9 heteroatoms. The van der Waals surface area contributed by atoms with Crippen LogP contribution >= 0.6 is 11.8 Å². The molecule has 0 aliphatic rings. The second-order valence-electron chi connectivity index (χ2n) is 8.97. The van der Waals surface area contributed by atoms with Crippen molar-refractivity contribution in [3.8, 4) is 5.75 Å². The zero-order valence-electron chi connectivity index (χ0n) is 21.2. The van der Waals surface area contributed by atoms with Gasteiger partial charge in [-0.05, 0) is 30.7 Å². The van der Waals surface area contributed by atoms with Crippen LogP contribution in [0.5, 0.6) is 5.75 Å². The summed E-state index contributed by atoms with van der Waals surface area (Å²) >= 11 is 1.18. The maximum absolute atomic E-state index is 14.2. The van der Waals surface area contributed by atoms with Gasteiger partial charge in [-0.1, -0.05) is 90.4 Å². The molecule has 6 nitrogen and oxygen atoms in total. The van der Waals surface area contributed by atoms with E-state index in [1.165, 1.54) is 76.0 Å². The van der Waals surface area contributed by atoms with E-state index in [4.69, 9.17) is 9.84 Å². The number of alkyl halides is 1. The molecule has 0 aliphatic heterocycles. The van der Waals surface area contributed by atoms with Crippen LogP contribution in [0.1, 0.15) is 96.8 Å². The molecular formula is C26H44FNO5S2. The van der Waals surface area contributed by atoms with Crippen molar-refractivity contribution in [1.82, 2.24) is 4.72 Å². The zero-order valence-corrected chi connectivity index (χ0v) is 22.8. The van der Waals surface area contributed by atoms with E-state index in [-0.39, 0.29) is 11.5 Å². The molecule has 0 spiro atoms. The molecule has 0 saturated carbocycles. The largest absolute Gasteiger partial charge is 0.482 e. The molecule has 0 amide bonds. The van der Waals surface area contributed by atoms with E-state index in [2.05, 4.69) is 11.6 Å². The van der Waals surface area contributed by atoms with Crippen molar-refractivity contribution in [2.75, 3.05) is 18.1 Å². The second-order valence-corrected chi connectivity index (χ2v) is 11.9. The molecule has 2 N–H and O–H groups in total. The van der Waals surface area contributed by atoms with Gasteiger partial charge >= 0.3 is 5.97 Å². The van der Waals surface area contributed by atoms with Gasteiger partial charge in [0, 0.05) is 10.6 Å². The molecular weight excluding hydrogens is 489 g/mol. The average Bonchev–Trinajstić information content (AvgIpc) is 2.82. The molecule has 0 heterocycles. The topological polar surface area (TPSA) is 92.7 Å². The van der Waals surface area contributed by atoms with Crippen LogP contribution in [-0.2, 0) is 14.8 Å². The highest BCUT2D eigenvalue weighted by Crippen LogP contribution is 2.22. The number of nitrogens with one attached hydrogen (secondary N) is 1. The van der Waals surface area contributed by atoms with Crippen molar-refractivity contribution in [2.24, 2.45) is 0 Å². The Morgan fingerprint density at radius 3 is 1.89 bits per heavy atom. The molecule has 1 unspecified atom stereocenters. The van der Waals surface area contributed by atoms with Crippen molar-refractivity contribution >= 4 is 27.8 Å². The average molecular weight is 534 g/mol. The fourth-order valence-corrected chi connectivity index (χ4v) is 5.75. The number of unbranched alkanes of at least 4 members (excludes halogenated alkanes) is 13. The summed E-state index contributed by atoms with van der Waals surface area (Å²) in [5.41, 5.74) is 0. The predicted octanol–water partition coefficient (Wildman–Crippen LogP) is 6.94. The van der Waals surface area contributed by atoms with E-state index in [1.807, 2.05) is 0 Å². The van der Waals surface area contributed by atoms with Crippen LogP contribution in [0.25, 0.3) is 0 Å². The SMILES string of the molecule is CCCCCCCCCCCCCCCCS(=O)(=O)NC(F)CSc1ccc(OCC(=O)O)cc1. The van der Waals surface area contributed by atoms with Crippen LogP contribution in [0.3, 0.4) is 0 Å². The molecule has 202 valence electrons. The molecule has 35 heavy (non-hydrogen) atoms. The number of aliphatic carboxylic acids is 1. The van der Waals surface area contributed by atoms with Crippen LogP contribution in [0.2, 0.25) is 0 Å². The lowest BCUT2D eigenvalue weighted by Gasteiger charge is -2.11. The normalized spacial score (nSPS) is 12.5. The highest BCUT2D eigenvalue weighted by atomic mass is 32.2. The Hall–Kier alpha value is -1.32. The van der Waals surface area contributed by atoms with Gasteiger partial charge in [0.2, 0.25) is 10.0 Å². The van der Waals surface area contributed by atoms with Gasteiger partial charge in [0.1, 0.15) is 5.75 Å². The maximum atomic E-state index is 14.2. The van der Waals surface area contributed by atoms with Crippen molar-refractivity contribution in [3.63, 3.8) is 0 Å². The van der Waals surface area contributed by atoms with Crippen LogP contribution in [0, 0.1) is 0 Å². The minimum absolute atomic E-state index is 0.0483. The summed E-state index contributed by atoms with van der Waals surface area (Å²) < 4.78 is 45.5. The molecule has 1 atom stereocenters. The number of carboxylic acid groups (broad SMARTS) is 1. The Balaban J connectivity index is 2.04. The molecule has 0 bridgehead atoms. The second kappa shape index (κ2) is 19.8. The van der Waals surface area contributed by atoms with Gasteiger partial charge in [-0.15, -0.1) is 11.8 Å². The third-order valence-corrected chi connectivity index (χ3v) is 8.16. The Kier molecular flexibility index (Phi) is 18.0. The third-order valence-electron chi connectivity index (χ3n) is 5.66. The summed E-state index contributed by atoms with van der Waals surface area (Å²) in [7, 11) is -3.64. The standard InChI is InChI=1S/C26H44FNO5S2/c1-2-3-4-5-6-7-8-9-10-11-12-13-14-15-20-35(31,32)28-25(27)22-34-24-18-16-23(17-19-24)33-21-26(29)30/h16-19,25,28H,2-15,20-22H2,1H3,(H,29,30). The highest BCUT2D eigenvalue weighted by molar-refractivity contribution is 7.99. The zero-order chi connectivity index (χ0) is 25.8. The lowest BCUT2D eigenvalue weighted by atomic mass is 10.0. The van der Waals surface area contributed by atoms with Crippen molar-refractivity contribution in [2.45, 2.75) is 108 Å². The summed E-state index contributed by atoms with van der Waals surface area (Å²) in [5, 5.41) is 8.60. The number of ether oxygens (including phenoxy) is 1. The first-order valence-electron chi connectivity index (χ1n) is 13.0. The maximum Gasteiger partial charge on any atom is 0.341 e. The van der Waals surface area contributed by atoms with E-state index in [0.29, 0.717) is 12.2 Å². The summed E-state index contributed by atoms with van der Waals surface area (Å²) in [4.78, 5) is 11.2. The van der Waals surface area contributed by atoms with Gasteiger partial charge in [-0.3, -0.25) is 0 Å². The van der Waals surface area contributed by atoms with Crippen molar-refractivity contribution in [1.29, 1.82) is 0 Å². The van der Waals surface area contributed by atoms with Gasteiger partial charge < -0.3 is 9.84 Å². The molecule has 0 aliphatic carbocycles. The molecule has 0 radical (unpaired) electrons. The van der Waals surface area contributed by atoms with Crippen LogP contribution < -0.4 is 9.46 Å². The fourth-order valence-electron chi connectivity index (χ4n) is 3.72. The molecule has 1 aromatic carbocycles. The summed E-state index contributed by atoms with van der Waals surface area (Å²) in [6.07, 6.45) is 15.1. The number of hydrogen-bond acceptors (Lipinski definition) is 5. The number of carboxylic acids is 1. The predicted molar refractivity (Wildman–Crippen MR) is 142 cm³/mol. The summed E-state index contributed by atoms with van der Waals surface area (Å²) in [6.45, 7) is 1.81. The molecule has 0 fully saturated rings. The Morgan fingerprint density at radius 2 is 1.40 bits per heavy atom. The van der Waals surface area contributed by atoms with Gasteiger partial charge in [0.25, 0.3) is 0 Å². The first-order valence-corrected chi connectivity index (χ1v) is 15.7. The quantitative estimate of drug-likeness (QED) is 0.0899. The van der Waals surface area contributed by atoms with Gasteiger partial charge in [0.15, 0.2) is 12.9 Å². The first-order chi connectivity index (χ1) is 16.8.